The molecule has 4 atom stereocenters. The SMILES string of the molecule is CC(=O)Nc1ccc(SC[C@@H]2O[C@H](c3ccc(-c4ccccc4CN4C(=O)c5ccccc5C4=O)cc3)O[C@H](c3ccc(CO)cc3)[C@@H]2C)cc1. The first kappa shape index (κ1) is 34.4. The largest absolute Gasteiger partial charge is 0.392 e. The molecule has 0 aromatic heterocycles. The van der Waals surface area contributed by atoms with Gasteiger partial charge in [-0.1, -0.05) is 91.9 Å². The summed E-state index contributed by atoms with van der Waals surface area (Å²) in [5.41, 5.74) is 7.09. The van der Waals surface area contributed by atoms with E-state index in [-0.39, 0.29) is 49.0 Å². The lowest BCUT2D eigenvalue weighted by Crippen LogP contribution is -2.38. The molecule has 1 fully saturated rings. The first-order valence-corrected chi connectivity index (χ1v) is 17.9. The van der Waals surface area contributed by atoms with Crippen molar-refractivity contribution in [2.45, 2.75) is 50.4 Å². The number of benzene rings is 5. The summed E-state index contributed by atoms with van der Waals surface area (Å²) in [5, 5.41) is 12.4. The summed E-state index contributed by atoms with van der Waals surface area (Å²) >= 11 is 1.69. The first-order chi connectivity index (χ1) is 24.8. The maximum atomic E-state index is 13.1. The number of imide groups is 1. The van der Waals surface area contributed by atoms with Crippen LogP contribution in [-0.2, 0) is 27.4 Å². The highest BCUT2D eigenvalue weighted by molar-refractivity contribution is 7.99. The van der Waals surface area contributed by atoms with Crippen LogP contribution in [0.15, 0.2) is 126 Å². The van der Waals surface area contributed by atoms with Gasteiger partial charge in [0.15, 0.2) is 6.29 Å². The molecule has 2 N–H and O–H groups in total. The van der Waals surface area contributed by atoms with Gasteiger partial charge in [-0.3, -0.25) is 19.3 Å². The fourth-order valence-corrected chi connectivity index (χ4v) is 7.71. The number of ether oxygens (including phenoxy) is 2. The molecule has 0 aliphatic carbocycles. The van der Waals surface area contributed by atoms with E-state index in [0.717, 1.165) is 44.0 Å². The number of amides is 3. The Morgan fingerprint density at radius 3 is 2.00 bits per heavy atom. The van der Waals surface area contributed by atoms with E-state index >= 15 is 0 Å². The van der Waals surface area contributed by atoms with Crippen molar-refractivity contribution >= 4 is 35.2 Å². The van der Waals surface area contributed by atoms with Crippen molar-refractivity contribution in [3.63, 3.8) is 0 Å². The first-order valence-electron chi connectivity index (χ1n) is 16.9. The van der Waals surface area contributed by atoms with Gasteiger partial charge in [-0.25, -0.2) is 0 Å². The van der Waals surface area contributed by atoms with Gasteiger partial charge in [-0.2, -0.15) is 0 Å². The number of anilines is 1. The van der Waals surface area contributed by atoms with Gasteiger partial charge < -0.3 is 19.9 Å². The number of carbonyl (C=O) groups is 3. The molecule has 3 amide bonds. The Hall–Kier alpha value is -5.06. The van der Waals surface area contributed by atoms with Gasteiger partial charge in [0.25, 0.3) is 11.8 Å². The zero-order chi connectivity index (χ0) is 35.5. The third-order valence-electron chi connectivity index (χ3n) is 9.43. The van der Waals surface area contributed by atoms with Gasteiger partial charge in [-0.15, -0.1) is 11.8 Å². The van der Waals surface area contributed by atoms with E-state index in [1.54, 1.807) is 36.0 Å². The van der Waals surface area contributed by atoms with Crippen LogP contribution in [0.25, 0.3) is 11.1 Å². The van der Waals surface area contributed by atoms with E-state index in [2.05, 4.69) is 12.2 Å². The van der Waals surface area contributed by atoms with Crippen molar-refractivity contribution in [3.05, 3.63) is 155 Å². The van der Waals surface area contributed by atoms with Crippen molar-refractivity contribution in [3.8, 4) is 11.1 Å². The van der Waals surface area contributed by atoms with Crippen LogP contribution >= 0.6 is 11.8 Å². The highest BCUT2D eigenvalue weighted by Crippen LogP contribution is 2.43. The second-order valence-corrected chi connectivity index (χ2v) is 14.0. The molecule has 2 aliphatic heterocycles. The summed E-state index contributed by atoms with van der Waals surface area (Å²) in [5.74, 6) is 0.0478. The second kappa shape index (κ2) is 15.0. The average Bonchev–Trinajstić information content (AvgIpc) is 3.40. The number of hydrogen-bond acceptors (Lipinski definition) is 7. The van der Waals surface area contributed by atoms with Crippen LogP contribution in [0.4, 0.5) is 5.69 Å². The van der Waals surface area contributed by atoms with Crippen molar-refractivity contribution < 1.29 is 29.0 Å². The average molecular weight is 699 g/mol. The van der Waals surface area contributed by atoms with Crippen molar-refractivity contribution in [1.29, 1.82) is 0 Å². The number of nitrogens with one attached hydrogen (secondary N) is 1. The summed E-state index contributed by atoms with van der Waals surface area (Å²) in [6.45, 7) is 3.77. The molecule has 8 nitrogen and oxygen atoms in total. The molecule has 9 heteroatoms. The summed E-state index contributed by atoms with van der Waals surface area (Å²) in [6, 6.07) is 38.4. The summed E-state index contributed by atoms with van der Waals surface area (Å²) in [7, 11) is 0. The molecule has 2 heterocycles. The van der Waals surface area contributed by atoms with E-state index in [4.69, 9.17) is 9.47 Å². The number of hydrogen-bond donors (Lipinski definition) is 2. The van der Waals surface area contributed by atoms with Crippen LogP contribution in [0.1, 0.15) is 69.2 Å². The molecular weight excluding hydrogens is 661 g/mol. The number of nitrogens with zero attached hydrogens (tertiary/aromatic N) is 1. The Morgan fingerprint density at radius 2 is 1.37 bits per heavy atom. The van der Waals surface area contributed by atoms with Gasteiger partial charge >= 0.3 is 0 Å². The third kappa shape index (κ3) is 7.38. The molecule has 2 aliphatic rings. The van der Waals surface area contributed by atoms with Crippen LogP contribution in [0.3, 0.4) is 0 Å². The molecule has 0 radical (unpaired) electrons. The van der Waals surface area contributed by atoms with Crippen LogP contribution in [0.2, 0.25) is 0 Å². The van der Waals surface area contributed by atoms with Gasteiger partial charge in [0.1, 0.15) is 0 Å². The molecule has 1 saturated heterocycles. The fourth-order valence-electron chi connectivity index (χ4n) is 6.64. The number of thioether (sulfide) groups is 1. The third-order valence-corrected chi connectivity index (χ3v) is 10.5. The number of aliphatic hydroxyl groups is 1. The van der Waals surface area contributed by atoms with Crippen molar-refractivity contribution in [2.24, 2.45) is 5.92 Å². The molecule has 258 valence electrons. The Bertz CT molecular complexity index is 2010. The zero-order valence-corrected chi connectivity index (χ0v) is 29.1. The molecule has 51 heavy (non-hydrogen) atoms. The predicted molar refractivity (Wildman–Crippen MR) is 197 cm³/mol. The Kier molecular flexibility index (Phi) is 10.1. The highest BCUT2D eigenvalue weighted by atomic mass is 32.2. The molecule has 7 rings (SSSR count). The molecule has 0 unspecified atom stereocenters. The predicted octanol–water partition coefficient (Wildman–Crippen LogP) is 8.18. The Balaban J connectivity index is 1.11. The van der Waals surface area contributed by atoms with E-state index in [0.29, 0.717) is 16.9 Å². The minimum atomic E-state index is -0.626. The van der Waals surface area contributed by atoms with Crippen LogP contribution in [0.5, 0.6) is 0 Å². The summed E-state index contributed by atoms with van der Waals surface area (Å²) < 4.78 is 13.3. The van der Waals surface area contributed by atoms with Gasteiger partial charge in [0.2, 0.25) is 5.91 Å². The standard InChI is InChI=1S/C42H38N2O6S/c1-26-38(25-51-34-21-19-33(20-22-34)43-27(2)46)49-42(50-39(26)30-13-11-28(24-45)12-14-30)31-17-15-29(16-18-31)35-8-4-3-7-32(35)23-44-40(47)36-9-5-6-10-37(36)41(44)48/h3-22,26,38-39,42,45H,23-25H2,1-2H3,(H,43,46)/t26-,38+,39+,42+/m1/s1. The van der Waals surface area contributed by atoms with Crippen molar-refractivity contribution in [2.75, 3.05) is 11.1 Å². The number of carbonyl (C=O) groups excluding carboxylic acids is 3. The van der Waals surface area contributed by atoms with E-state index in [1.807, 2.05) is 97.1 Å². The second-order valence-electron chi connectivity index (χ2n) is 12.9. The van der Waals surface area contributed by atoms with Crippen molar-refractivity contribution in [1.82, 2.24) is 4.90 Å². The van der Waals surface area contributed by atoms with Crippen LogP contribution in [0, 0.1) is 5.92 Å². The van der Waals surface area contributed by atoms with Gasteiger partial charge in [0.05, 0.1) is 36.5 Å². The molecule has 5 aromatic carbocycles. The Morgan fingerprint density at radius 1 is 0.765 bits per heavy atom. The summed E-state index contributed by atoms with van der Waals surface area (Å²) in [6.07, 6.45) is -1.02. The number of fused-ring (bicyclic) bond motifs is 1. The Labute approximate surface area is 301 Å². The monoisotopic (exact) mass is 698 g/mol. The normalized spacial score (nSPS) is 19.9. The van der Waals surface area contributed by atoms with Gasteiger partial charge in [0, 0.05) is 34.7 Å². The highest BCUT2D eigenvalue weighted by Gasteiger charge is 2.39. The van der Waals surface area contributed by atoms with E-state index in [9.17, 15) is 19.5 Å². The molecule has 5 aromatic rings. The van der Waals surface area contributed by atoms with Crippen LogP contribution < -0.4 is 5.32 Å². The lowest BCUT2D eigenvalue weighted by molar-refractivity contribution is -0.268. The van der Waals surface area contributed by atoms with Gasteiger partial charge in [-0.05, 0) is 64.2 Å². The topological polar surface area (TPSA) is 105 Å². The lowest BCUT2D eigenvalue weighted by Gasteiger charge is -2.41. The molecular formula is C42H38N2O6S. The molecule has 0 saturated carbocycles. The lowest BCUT2D eigenvalue weighted by atomic mass is 9.91. The maximum Gasteiger partial charge on any atom is 0.261 e. The van der Waals surface area contributed by atoms with E-state index < -0.39 is 6.29 Å². The summed E-state index contributed by atoms with van der Waals surface area (Å²) in [4.78, 5) is 40.1. The smallest absolute Gasteiger partial charge is 0.261 e. The maximum absolute atomic E-state index is 13.1. The quantitative estimate of drug-likeness (QED) is 0.112. The molecule has 0 spiro atoms. The molecule has 0 bridgehead atoms. The van der Waals surface area contributed by atoms with E-state index in [1.165, 1.54) is 11.8 Å². The number of aliphatic hydroxyl groups excluding tert-OH is 1. The fraction of sp³-hybridized carbons (Fsp3) is 0.214. The minimum Gasteiger partial charge on any atom is -0.392 e. The number of rotatable bonds is 10. The van der Waals surface area contributed by atoms with Crippen LogP contribution in [-0.4, -0.2) is 39.6 Å². The minimum absolute atomic E-state index is 0.0269. The zero-order valence-electron chi connectivity index (χ0n) is 28.3.